The monoisotopic (exact) mass is 364 g/mol. The number of piperazine rings is 1. The van der Waals surface area contributed by atoms with Crippen LogP contribution in [0.3, 0.4) is 0 Å². The summed E-state index contributed by atoms with van der Waals surface area (Å²) in [5.74, 6) is 1.33. The Hall–Kier alpha value is -2.40. The summed E-state index contributed by atoms with van der Waals surface area (Å²) in [6, 6.07) is 14.6. The van der Waals surface area contributed by atoms with Gasteiger partial charge in [-0.2, -0.15) is 0 Å². The molecule has 5 nitrogen and oxygen atoms in total. The van der Waals surface area contributed by atoms with Gasteiger partial charge in [-0.3, -0.25) is 9.69 Å². The Morgan fingerprint density at radius 3 is 2.59 bits per heavy atom. The zero-order valence-corrected chi connectivity index (χ0v) is 16.1. The van der Waals surface area contributed by atoms with E-state index in [1.54, 1.807) is 0 Å². The lowest BCUT2D eigenvalue weighted by Crippen LogP contribution is -2.53. The van der Waals surface area contributed by atoms with E-state index in [0.29, 0.717) is 5.91 Å². The van der Waals surface area contributed by atoms with E-state index in [0.717, 1.165) is 57.9 Å². The summed E-state index contributed by atoms with van der Waals surface area (Å²) in [6.07, 6.45) is 3.95. The van der Waals surface area contributed by atoms with Crippen LogP contribution < -0.4 is 4.90 Å². The Balaban J connectivity index is 1.36. The lowest BCUT2D eigenvalue weighted by Gasteiger charge is -2.38. The van der Waals surface area contributed by atoms with Crippen LogP contribution in [0.25, 0.3) is 0 Å². The molecule has 1 atom stereocenters. The molecule has 5 heteroatoms. The first-order valence-corrected chi connectivity index (χ1v) is 9.95. The second-order valence-electron chi connectivity index (χ2n) is 7.62. The van der Waals surface area contributed by atoms with Gasteiger partial charge in [-0.25, -0.2) is 4.98 Å². The minimum absolute atomic E-state index is 0.0360. The molecule has 2 saturated heterocycles. The number of aromatic nitrogens is 1. The summed E-state index contributed by atoms with van der Waals surface area (Å²) < 4.78 is 0. The normalized spacial score (nSPS) is 20.9. The van der Waals surface area contributed by atoms with Crippen molar-refractivity contribution >= 4 is 11.7 Å². The standard InChI is InChI=1S/C22H28N4O/c1-18-9-10-23-21(16-18)24-12-14-25(15-13-24)22(27)20-8-5-11-26(20)17-19-6-3-2-4-7-19/h2-4,6-7,9-10,16,20H,5,8,11-15,17H2,1H3. The maximum Gasteiger partial charge on any atom is 0.240 e. The van der Waals surface area contributed by atoms with Gasteiger partial charge in [0.2, 0.25) is 5.91 Å². The molecule has 2 aromatic rings. The van der Waals surface area contributed by atoms with Gasteiger partial charge in [0.15, 0.2) is 0 Å². The largest absolute Gasteiger partial charge is 0.353 e. The van der Waals surface area contributed by atoms with Crippen LogP contribution in [-0.4, -0.2) is 59.5 Å². The van der Waals surface area contributed by atoms with Crippen LogP contribution >= 0.6 is 0 Å². The molecule has 2 aliphatic rings. The van der Waals surface area contributed by atoms with Gasteiger partial charge in [0, 0.05) is 38.9 Å². The molecule has 4 rings (SSSR count). The van der Waals surface area contributed by atoms with Gasteiger partial charge in [0.05, 0.1) is 6.04 Å². The van der Waals surface area contributed by atoms with E-state index in [4.69, 9.17) is 0 Å². The highest BCUT2D eigenvalue weighted by Crippen LogP contribution is 2.23. The number of pyridine rings is 1. The second-order valence-corrected chi connectivity index (χ2v) is 7.62. The van der Waals surface area contributed by atoms with E-state index in [1.807, 2.05) is 18.3 Å². The number of likely N-dealkylation sites (tertiary alicyclic amines) is 1. The molecular formula is C22H28N4O. The minimum Gasteiger partial charge on any atom is -0.353 e. The molecule has 1 aromatic heterocycles. The number of nitrogens with zero attached hydrogens (tertiary/aromatic N) is 4. The first-order valence-electron chi connectivity index (χ1n) is 9.95. The Kier molecular flexibility index (Phi) is 5.39. The highest BCUT2D eigenvalue weighted by molar-refractivity contribution is 5.82. The number of hydrogen-bond acceptors (Lipinski definition) is 4. The molecule has 0 bridgehead atoms. The molecule has 27 heavy (non-hydrogen) atoms. The number of carbonyl (C=O) groups is 1. The Bertz CT molecular complexity index is 771. The molecule has 1 aromatic carbocycles. The lowest BCUT2D eigenvalue weighted by atomic mass is 10.1. The van der Waals surface area contributed by atoms with Gasteiger partial charge in [-0.1, -0.05) is 30.3 Å². The van der Waals surface area contributed by atoms with Gasteiger partial charge in [0.25, 0.3) is 0 Å². The highest BCUT2D eigenvalue weighted by atomic mass is 16.2. The maximum absolute atomic E-state index is 13.1. The third-order valence-corrected chi connectivity index (χ3v) is 5.69. The Morgan fingerprint density at radius 2 is 1.85 bits per heavy atom. The van der Waals surface area contributed by atoms with Crippen molar-refractivity contribution in [1.82, 2.24) is 14.8 Å². The molecule has 0 saturated carbocycles. The van der Waals surface area contributed by atoms with Crippen molar-refractivity contribution in [1.29, 1.82) is 0 Å². The third-order valence-electron chi connectivity index (χ3n) is 5.69. The van der Waals surface area contributed by atoms with Crippen LogP contribution in [0.15, 0.2) is 48.7 Å². The molecule has 3 heterocycles. The summed E-state index contributed by atoms with van der Waals surface area (Å²) in [5, 5.41) is 0. The average Bonchev–Trinajstić information content (AvgIpc) is 3.16. The van der Waals surface area contributed by atoms with E-state index in [1.165, 1.54) is 11.1 Å². The minimum atomic E-state index is 0.0360. The number of benzene rings is 1. The fraction of sp³-hybridized carbons (Fsp3) is 0.455. The Morgan fingerprint density at radius 1 is 1.07 bits per heavy atom. The van der Waals surface area contributed by atoms with Crippen LogP contribution in [0.1, 0.15) is 24.0 Å². The number of anilines is 1. The maximum atomic E-state index is 13.1. The molecule has 0 aliphatic carbocycles. The SMILES string of the molecule is Cc1ccnc(N2CCN(C(=O)C3CCCN3Cc3ccccc3)CC2)c1. The zero-order valence-electron chi connectivity index (χ0n) is 16.1. The van der Waals surface area contributed by atoms with Crippen LogP contribution in [0, 0.1) is 6.92 Å². The number of carbonyl (C=O) groups excluding carboxylic acids is 1. The van der Waals surface area contributed by atoms with Crippen LogP contribution in [0.5, 0.6) is 0 Å². The summed E-state index contributed by atoms with van der Waals surface area (Å²) in [6.45, 7) is 7.24. The van der Waals surface area contributed by atoms with Gasteiger partial charge in [-0.05, 0) is 49.6 Å². The molecule has 142 valence electrons. The fourth-order valence-electron chi connectivity index (χ4n) is 4.17. The van der Waals surface area contributed by atoms with Crippen molar-refractivity contribution in [3.05, 3.63) is 59.8 Å². The molecule has 0 spiro atoms. The second kappa shape index (κ2) is 8.09. The predicted octanol–water partition coefficient (Wildman–Crippen LogP) is 2.70. The van der Waals surface area contributed by atoms with E-state index < -0.39 is 0 Å². The predicted molar refractivity (Wildman–Crippen MR) is 108 cm³/mol. The van der Waals surface area contributed by atoms with Crippen molar-refractivity contribution in [3.8, 4) is 0 Å². The van der Waals surface area contributed by atoms with Crippen molar-refractivity contribution in [2.45, 2.75) is 32.4 Å². The molecule has 2 fully saturated rings. The summed E-state index contributed by atoms with van der Waals surface area (Å²) >= 11 is 0. The molecule has 0 N–H and O–H groups in total. The highest BCUT2D eigenvalue weighted by Gasteiger charge is 2.34. The van der Waals surface area contributed by atoms with E-state index in [-0.39, 0.29) is 6.04 Å². The van der Waals surface area contributed by atoms with Gasteiger partial charge >= 0.3 is 0 Å². The van der Waals surface area contributed by atoms with E-state index in [2.05, 4.69) is 56.9 Å². The number of aryl methyl sites for hydroxylation is 1. The summed E-state index contributed by atoms with van der Waals surface area (Å²) in [5.41, 5.74) is 2.51. The Labute approximate surface area is 161 Å². The average molecular weight is 364 g/mol. The smallest absolute Gasteiger partial charge is 0.240 e. The molecule has 0 radical (unpaired) electrons. The van der Waals surface area contributed by atoms with Crippen molar-refractivity contribution in [2.24, 2.45) is 0 Å². The molecule has 1 amide bonds. The quantitative estimate of drug-likeness (QED) is 0.836. The zero-order chi connectivity index (χ0) is 18.6. The fourth-order valence-corrected chi connectivity index (χ4v) is 4.17. The lowest BCUT2D eigenvalue weighted by molar-refractivity contribution is -0.136. The van der Waals surface area contributed by atoms with Gasteiger partial charge < -0.3 is 9.80 Å². The number of rotatable bonds is 4. The third kappa shape index (κ3) is 4.14. The topological polar surface area (TPSA) is 39.7 Å². The van der Waals surface area contributed by atoms with Crippen LogP contribution in [-0.2, 0) is 11.3 Å². The van der Waals surface area contributed by atoms with Crippen molar-refractivity contribution in [3.63, 3.8) is 0 Å². The van der Waals surface area contributed by atoms with Crippen molar-refractivity contribution in [2.75, 3.05) is 37.6 Å². The summed E-state index contributed by atoms with van der Waals surface area (Å²) in [4.78, 5) is 24.3. The molecular weight excluding hydrogens is 336 g/mol. The van der Waals surface area contributed by atoms with Gasteiger partial charge in [-0.15, -0.1) is 0 Å². The van der Waals surface area contributed by atoms with E-state index >= 15 is 0 Å². The summed E-state index contributed by atoms with van der Waals surface area (Å²) in [7, 11) is 0. The molecule has 1 unspecified atom stereocenters. The van der Waals surface area contributed by atoms with Gasteiger partial charge in [0.1, 0.15) is 5.82 Å². The van der Waals surface area contributed by atoms with Crippen LogP contribution in [0.4, 0.5) is 5.82 Å². The van der Waals surface area contributed by atoms with E-state index in [9.17, 15) is 4.79 Å². The number of hydrogen-bond donors (Lipinski definition) is 0. The first-order chi connectivity index (χ1) is 13.2. The number of amides is 1. The van der Waals surface area contributed by atoms with Crippen molar-refractivity contribution < 1.29 is 4.79 Å². The first kappa shape index (κ1) is 18.0. The van der Waals surface area contributed by atoms with Crippen LogP contribution in [0.2, 0.25) is 0 Å². The molecule has 2 aliphatic heterocycles.